The molecule has 1 saturated heterocycles. The van der Waals surface area contributed by atoms with E-state index in [2.05, 4.69) is 5.32 Å². The van der Waals surface area contributed by atoms with E-state index in [1.165, 1.54) is 0 Å². The van der Waals surface area contributed by atoms with Crippen LogP contribution in [-0.2, 0) is 4.74 Å². The first-order chi connectivity index (χ1) is 5.99. The number of hydrogen-bond donors (Lipinski definition) is 1. The predicted molar refractivity (Wildman–Crippen MR) is 42.4 cm³/mol. The van der Waals surface area contributed by atoms with Gasteiger partial charge >= 0.3 is 6.18 Å². The lowest BCUT2D eigenvalue weighted by Gasteiger charge is -2.29. The smallest absolute Gasteiger partial charge is 0.367 e. The summed E-state index contributed by atoms with van der Waals surface area (Å²) in [5.41, 5.74) is 0. The molecule has 13 heavy (non-hydrogen) atoms. The van der Waals surface area contributed by atoms with Crippen molar-refractivity contribution >= 4 is 0 Å². The van der Waals surface area contributed by atoms with Gasteiger partial charge in [0.2, 0.25) is 0 Å². The molecule has 0 aliphatic carbocycles. The Hall–Kier alpha value is -0.290. The van der Waals surface area contributed by atoms with Crippen LogP contribution in [0.3, 0.4) is 0 Å². The molecular weight excluding hydrogens is 183 g/mol. The Morgan fingerprint density at radius 2 is 2.15 bits per heavy atom. The molecule has 0 saturated carbocycles. The zero-order valence-electron chi connectivity index (χ0n) is 7.53. The van der Waals surface area contributed by atoms with E-state index in [0.29, 0.717) is 6.54 Å². The van der Waals surface area contributed by atoms with Crippen molar-refractivity contribution in [1.29, 1.82) is 0 Å². The maximum Gasteiger partial charge on any atom is 0.411 e. The molecule has 0 aromatic heterocycles. The first kappa shape index (κ1) is 10.8. The summed E-state index contributed by atoms with van der Waals surface area (Å²) in [4.78, 5) is 0. The van der Waals surface area contributed by atoms with Gasteiger partial charge in [0.15, 0.2) is 0 Å². The van der Waals surface area contributed by atoms with E-state index in [4.69, 9.17) is 4.74 Å². The first-order valence-corrected chi connectivity index (χ1v) is 4.38. The van der Waals surface area contributed by atoms with Crippen LogP contribution in [0.5, 0.6) is 0 Å². The minimum Gasteiger partial charge on any atom is -0.367 e. The van der Waals surface area contributed by atoms with Gasteiger partial charge in [0.1, 0.15) is 6.61 Å². The summed E-state index contributed by atoms with van der Waals surface area (Å²) < 4.78 is 40.1. The number of nitrogens with one attached hydrogen (secondary N) is 1. The molecular formula is C8H14F3NO. The van der Waals surface area contributed by atoms with Gasteiger partial charge in [-0.3, -0.25) is 0 Å². The van der Waals surface area contributed by atoms with Crippen LogP contribution in [0.15, 0.2) is 0 Å². The Balaban J connectivity index is 2.27. The molecule has 0 radical (unpaired) electrons. The molecule has 1 rings (SSSR count). The minimum atomic E-state index is -4.21. The predicted octanol–water partition coefficient (Wildman–Crippen LogP) is 1.56. The van der Waals surface area contributed by atoms with E-state index in [-0.39, 0.29) is 12.0 Å². The van der Waals surface area contributed by atoms with Gasteiger partial charge in [-0.25, -0.2) is 0 Å². The Kier molecular flexibility index (Phi) is 3.55. The van der Waals surface area contributed by atoms with Crippen molar-refractivity contribution in [2.45, 2.75) is 25.6 Å². The summed E-state index contributed by atoms with van der Waals surface area (Å²) in [6.45, 7) is 2.18. The lowest BCUT2D eigenvalue weighted by molar-refractivity contribution is -0.190. The van der Waals surface area contributed by atoms with Crippen molar-refractivity contribution in [2.75, 3.05) is 19.7 Å². The van der Waals surface area contributed by atoms with Crippen molar-refractivity contribution in [3.8, 4) is 0 Å². The van der Waals surface area contributed by atoms with Crippen LogP contribution in [0.1, 0.15) is 13.3 Å². The number of rotatable bonds is 2. The summed E-state index contributed by atoms with van der Waals surface area (Å²) >= 11 is 0. The summed E-state index contributed by atoms with van der Waals surface area (Å²) in [6.07, 6.45) is -3.63. The van der Waals surface area contributed by atoms with Crippen LogP contribution in [-0.4, -0.2) is 32.0 Å². The second kappa shape index (κ2) is 4.28. The normalized spacial score (nSPS) is 30.5. The Morgan fingerprint density at radius 1 is 1.46 bits per heavy atom. The van der Waals surface area contributed by atoms with E-state index in [9.17, 15) is 13.2 Å². The molecule has 1 aliphatic heterocycles. The highest BCUT2D eigenvalue weighted by Crippen LogP contribution is 2.20. The fourth-order valence-corrected chi connectivity index (χ4v) is 1.39. The SMILES string of the molecule is CC1CCNCC1OCC(F)(F)F. The molecule has 2 atom stereocenters. The maximum absolute atomic E-state index is 11.8. The van der Waals surface area contributed by atoms with Crippen molar-refractivity contribution in [2.24, 2.45) is 5.92 Å². The second-order valence-electron chi connectivity index (χ2n) is 3.43. The fraction of sp³-hybridized carbons (Fsp3) is 1.00. The third-order valence-corrected chi connectivity index (χ3v) is 2.22. The van der Waals surface area contributed by atoms with Gasteiger partial charge in [0.05, 0.1) is 6.10 Å². The first-order valence-electron chi connectivity index (χ1n) is 4.38. The summed E-state index contributed by atoms with van der Waals surface area (Å²) in [6, 6.07) is 0. The lowest BCUT2D eigenvalue weighted by atomic mass is 9.97. The fourth-order valence-electron chi connectivity index (χ4n) is 1.39. The van der Waals surface area contributed by atoms with Gasteiger partial charge < -0.3 is 10.1 Å². The molecule has 0 bridgehead atoms. The summed E-state index contributed by atoms with van der Waals surface area (Å²) in [7, 11) is 0. The third kappa shape index (κ3) is 3.95. The Bertz CT molecular complexity index is 160. The van der Waals surface area contributed by atoms with E-state index in [1.54, 1.807) is 0 Å². The van der Waals surface area contributed by atoms with Crippen molar-refractivity contribution < 1.29 is 17.9 Å². The molecule has 0 amide bonds. The van der Waals surface area contributed by atoms with Gasteiger partial charge in [0.25, 0.3) is 0 Å². The average molecular weight is 197 g/mol. The van der Waals surface area contributed by atoms with E-state index >= 15 is 0 Å². The molecule has 1 N–H and O–H groups in total. The number of ether oxygens (including phenoxy) is 1. The highest BCUT2D eigenvalue weighted by Gasteiger charge is 2.31. The second-order valence-corrected chi connectivity index (χ2v) is 3.43. The highest BCUT2D eigenvalue weighted by atomic mass is 19.4. The van der Waals surface area contributed by atoms with Gasteiger partial charge in [0, 0.05) is 6.54 Å². The summed E-state index contributed by atoms with van der Waals surface area (Å²) in [5.74, 6) is 0.212. The molecule has 0 aromatic rings. The minimum absolute atomic E-state index is 0.212. The van der Waals surface area contributed by atoms with Crippen LogP contribution < -0.4 is 5.32 Å². The monoisotopic (exact) mass is 197 g/mol. The number of hydrogen-bond acceptors (Lipinski definition) is 2. The van der Waals surface area contributed by atoms with Gasteiger partial charge in [-0.15, -0.1) is 0 Å². The number of piperidine rings is 1. The van der Waals surface area contributed by atoms with E-state index < -0.39 is 12.8 Å². The Morgan fingerprint density at radius 3 is 2.69 bits per heavy atom. The summed E-state index contributed by atoms with van der Waals surface area (Å²) in [5, 5.41) is 3.01. The topological polar surface area (TPSA) is 21.3 Å². The van der Waals surface area contributed by atoms with Crippen molar-refractivity contribution in [3.63, 3.8) is 0 Å². The van der Waals surface area contributed by atoms with Crippen LogP contribution in [0.4, 0.5) is 13.2 Å². The van der Waals surface area contributed by atoms with Crippen LogP contribution in [0, 0.1) is 5.92 Å². The molecule has 1 heterocycles. The lowest BCUT2D eigenvalue weighted by Crippen LogP contribution is -2.42. The van der Waals surface area contributed by atoms with Gasteiger partial charge in [-0.05, 0) is 18.9 Å². The molecule has 0 aromatic carbocycles. The third-order valence-electron chi connectivity index (χ3n) is 2.22. The zero-order valence-corrected chi connectivity index (χ0v) is 7.53. The van der Waals surface area contributed by atoms with Gasteiger partial charge in [-0.2, -0.15) is 13.2 Å². The van der Waals surface area contributed by atoms with Crippen LogP contribution in [0.2, 0.25) is 0 Å². The van der Waals surface area contributed by atoms with E-state index in [1.807, 2.05) is 6.92 Å². The van der Waals surface area contributed by atoms with Crippen LogP contribution >= 0.6 is 0 Å². The molecule has 2 unspecified atom stereocenters. The average Bonchev–Trinajstić information content (AvgIpc) is 2.01. The molecule has 1 aliphatic rings. The molecule has 78 valence electrons. The van der Waals surface area contributed by atoms with Gasteiger partial charge in [-0.1, -0.05) is 6.92 Å². The highest BCUT2D eigenvalue weighted by molar-refractivity contribution is 4.75. The van der Waals surface area contributed by atoms with Crippen molar-refractivity contribution in [1.82, 2.24) is 5.32 Å². The van der Waals surface area contributed by atoms with Crippen molar-refractivity contribution in [3.05, 3.63) is 0 Å². The molecule has 2 nitrogen and oxygen atoms in total. The standard InChI is InChI=1S/C8H14F3NO/c1-6-2-3-12-4-7(6)13-5-8(9,10)11/h6-7,12H,2-5H2,1H3. The quantitative estimate of drug-likeness (QED) is 0.725. The van der Waals surface area contributed by atoms with Crippen LogP contribution in [0.25, 0.3) is 0 Å². The molecule has 5 heteroatoms. The molecule has 1 fully saturated rings. The zero-order chi connectivity index (χ0) is 9.90. The number of alkyl halides is 3. The molecule has 0 spiro atoms. The number of halogens is 3. The Labute approximate surface area is 75.4 Å². The van der Waals surface area contributed by atoms with E-state index in [0.717, 1.165) is 13.0 Å². The maximum atomic E-state index is 11.8. The largest absolute Gasteiger partial charge is 0.411 e.